The molecule has 4 heteroatoms. The second-order valence-corrected chi connectivity index (χ2v) is 8.40. The number of benzene rings is 1. The van der Waals surface area contributed by atoms with Crippen LogP contribution >= 0.6 is 0 Å². The lowest BCUT2D eigenvalue weighted by atomic mass is 9.81. The van der Waals surface area contributed by atoms with E-state index in [-0.39, 0.29) is 17.2 Å². The van der Waals surface area contributed by atoms with Gasteiger partial charge in [0.2, 0.25) is 0 Å². The smallest absolute Gasteiger partial charge is 0.180 e. The molecule has 0 aliphatic carbocycles. The molecule has 0 bridgehead atoms. The van der Waals surface area contributed by atoms with Crippen molar-refractivity contribution in [1.29, 1.82) is 0 Å². The van der Waals surface area contributed by atoms with Gasteiger partial charge >= 0.3 is 0 Å². The average Bonchev–Trinajstić information content (AvgIpc) is 2.59. The molecular formula is C15H23NO2S. The Morgan fingerprint density at radius 1 is 1.32 bits per heavy atom. The standard InChI is InChI=1S/C15H23NO2S/c1-11(2)15(3,4)10-16-13-9-19(17,18)14-8-6-5-7-12(13)14/h5-8,11,13,16H,9-10H2,1-4H3. The molecule has 1 heterocycles. The zero-order valence-electron chi connectivity index (χ0n) is 12.1. The number of nitrogens with one attached hydrogen (secondary N) is 1. The summed E-state index contributed by atoms with van der Waals surface area (Å²) in [4.78, 5) is 0.495. The molecule has 0 saturated carbocycles. The highest BCUT2D eigenvalue weighted by molar-refractivity contribution is 7.91. The maximum absolute atomic E-state index is 12.1. The molecule has 0 spiro atoms. The number of rotatable bonds is 4. The molecule has 1 aliphatic rings. The van der Waals surface area contributed by atoms with Crippen molar-refractivity contribution < 1.29 is 8.42 Å². The first-order valence-corrected chi connectivity index (χ1v) is 8.44. The van der Waals surface area contributed by atoms with Crippen LogP contribution in [-0.2, 0) is 9.84 Å². The zero-order chi connectivity index (χ0) is 14.3. The third kappa shape index (κ3) is 2.84. The number of sulfone groups is 1. The predicted octanol–water partition coefficient (Wildman–Crippen LogP) is 2.79. The normalized spacial score (nSPS) is 21.6. The first-order valence-electron chi connectivity index (χ1n) is 6.79. The summed E-state index contributed by atoms with van der Waals surface area (Å²) in [6.07, 6.45) is 0. The van der Waals surface area contributed by atoms with Crippen LogP contribution in [0.25, 0.3) is 0 Å². The lowest BCUT2D eigenvalue weighted by Gasteiger charge is -2.31. The van der Waals surface area contributed by atoms with Gasteiger partial charge in [0.1, 0.15) is 0 Å². The van der Waals surface area contributed by atoms with Crippen LogP contribution in [0.1, 0.15) is 39.3 Å². The first-order chi connectivity index (χ1) is 8.74. The van der Waals surface area contributed by atoms with Gasteiger partial charge in [0.15, 0.2) is 9.84 Å². The molecule has 3 nitrogen and oxygen atoms in total. The molecule has 0 radical (unpaired) electrons. The molecule has 1 aromatic carbocycles. The number of hydrogen-bond acceptors (Lipinski definition) is 3. The van der Waals surface area contributed by atoms with E-state index in [0.717, 1.165) is 12.1 Å². The van der Waals surface area contributed by atoms with Crippen molar-refractivity contribution in [3.63, 3.8) is 0 Å². The maximum atomic E-state index is 12.1. The third-order valence-corrected chi connectivity index (χ3v) is 6.20. The van der Waals surface area contributed by atoms with Gasteiger partial charge in [-0.15, -0.1) is 0 Å². The van der Waals surface area contributed by atoms with Crippen LogP contribution in [0.5, 0.6) is 0 Å². The fourth-order valence-electron chi connectivity index (χ4n) is 2.21. The highest BCUT2D eigenvalue weighted by atomic mass is 32.2. The van der Waals surface area contributed by atoms with E-state index < -0.39 is 9.84 Å². The minimum Gasteiger partial charge on any atom is -0.308 e. The Balaban J connectivity index is 2.17. The summed E-state index contributed by atoms with van der Waals surface area (Å²) in [7, 11) is -3.11. The highest BCUT2D eigenvalue weighted by Gasteiger charge is 2.35. The van der Waals surface area contributed by atoms with Gasteiger partial charge in [-0.1, -0.05) is 45.9 Å². The summed E-state index contributed by atoms with van der Waals surface area (Å²) in [5.41, 5.74) is 1.07. The monoisotopic (exact) mass is 281 g/mol. The maximum Gasteiger partial charge on any atom is 0.180 e. The van der Waals surface area contributed by atoms with Crippen LogP contribution in [-0.4, -0.2) is 20.7 Å². The first kappa shape index (κ1) is 14.5. The summed E-state index contributed by atoms with van der Waals surface area (Å²) in [5.74, 6) is 0.730. The molecule has 1 N–H and O–H groups in total. The summed E-state index contributed by atoms with van der Waals surface area (Å²) in [5, 5.41) is 3.44. The van der Waals surface area contributed by atoms with Crippen LogP contribution < -0.4 is 5.32 Å². The van der Waals surface area contributed by atoms with Crippen LogP contribution in [0.3, 0.4) is 0 Å². The quantitative estimate of drug-likeness (QED) is 0.923. The van der Waals surface area contributed by atoms with Gasteiger partial charge in [-0.25, -0.2) is 8.42 Å². The molecule has 1 aliphatic heterocycles. The highest BCUT2D eigenvalue weighted by Crippen LogP contribution is 2.34. The van der Waals surface area contributed by atoms with Crippen LogP contribution in [0.15, 0.2) is 29.2 Å². The number of hydrogen-bond donors (Lipinski definition) is 1. The summed E-state index contributed by atoms with van der Waals surface area (Å²) >= 11 is 0. The molecule has 1 unspecified atom stereocenters. The van der Waals surface area contributed by atoms with Crippen molar-refractivity contribution in [2.24, 2.45) is 11.3 Å². The van der Waals surface area contributed by atoms with Gasteiger partial charge in [0.25, 0.3) is 0 Å². The van der Waals surface area contributed by atoms with Gasteiger partial charge < -0.3 is 5.32 Å². The van der Waals surface area contributed by atoms with Crippen molar-refractivity contribution in [3.8, 4) is 0 Å². The van der Waals surface area contributed by atoms with E-state index in [2.05, 4.69) is 33.0 Å². The van der Waals surface area contributed by atoms with E-state index in [1.165, 1.54) is 0 Å². The van der Waals surface area contributed by atoms with E-state index in [1.807, 2.05) is 12.1 Å². The minimum absolute atomic E-state index is 0.0702. The minimum atomic E-state index is -3.11. The Hall–Kier alpha value is -0.870. The van der Waals surface area contributed by atoms with Gasteiger partial charge in [-0.2, -0.15) is 0 Å². The van der Waals surface area contributed by atoms with E-state index in [4.69, 9.17) is 0 Å². The van der Waals surface area contributed by atoms with Gasteiger partial charge in [0.05, 0.1) is 10.6 Å². The molecule has 0 saturated heterocycles. The largest absolute Gasteiger partial charge is 0.308 e. The summed E-state index contributed by atoms with van der Waals surface area (Å²) < 4.78 is 24.2. The van der Waals surface area contributed by atoms with Gasteiger partial charge in [-0.3, -0.25) is 0 Å². The molecule has 0 aromatic heterocycles. The predicted molar refractivity (Wildman–Crippen MR) is 77.9 cm³/mol. The number of fused-ring (bicyclic) bond motifs is 1. The molecule has 0 amide bonds. The van der Waals surface area contributed by atoms with Crippen molar-refractivity contribution in [2.45, 2.75) is 38.6 Å². The third-order valence-electron chi connectivity index (χ3n) is 4.38. The SMILES string of the molecule is CC(C)C(C)(C)CNC1CS(=O)(=O)c2ccccc21. The molecule has 19 heavy (non-hydrogen) atoms. The Bertz CT molecular complexity index is 561. The van der Waals surface area contributed by atoms with Crippen LogP contribution in [0.2, 0.25) is 0 Å². The topological polar surface area (TPSA) is 46.2 Å². The van der Waals surface area contributed by atoms with Crippen molar-refractivity contribution in [2.75, 3.05) is 12.3 Å². The van der Waals surface area contributed by atoms with E-state index in [9.17, 15) is 8.42 Å². The summed E-state index contributed by atoms with van der Waals surface area (Å²) in [6.45, 7) is 9.63. The van der Waals surface area contributed by atoms with E-state index >= 15 is 0 Å². The van der Waals surface area contributed by atoms with Gasteiger partial charge in [0, 0.05) is 12.6 Å². The van der Waals surface area contributed by atoms with E-state index in [1.54, 1.807) is 12.1 Å². The van der Waals surface area contributed by atoms with Crippen molar-refractivity contribution in [1.82, 2.24) is 5.32 Å². The van der Waals surface area contributed by atoms with Gasteiger partial charge in [-0.05, 0) is 23.0 Å². The van der Waals surface area contributed by atoms with Crippen LogP contribution in [0.4, 0.5) is 0 Å². The van der Waals surface area contributed by atoms with Crippen LogP contribution in [0, 0.1) is 11.3 Å². The molecule has 1 atom stereocenters. The Morgan fingerprint density at radius 3 is 2.58 bits per heavy atom. The lowest BCUT2D eigenvalue weighted by Crippen LogP contribution is -2.36. The fourth-order valence-corrected chi connectivity index (χ4v) is 3.98. The van der Waals surface area contributed by atoms with Crippen molar-refractivity contribution in [3.05, 3.63) is 29.8 Å². The molecule has 2 rings (SSSR count). The molecule has 0 fully saturated rings. The average molecular weight is 281 g/mol. The zero-order valence-corrected chi connectivity index (χ0v) is 12.9. The lowest BCUT2D eigenvalue weighted by molar-refractivity contribution is 0.231. The second kappa shape index (κ2) is 4.91. The Labute approximate surface area is 116 Å². The van der Waals surface area contributed by atoms with Crippen molar-refractivity contribution >= 4 is 9.84 Å². The summed E-state index contributed by atoms with van der Waals surface area (Å²) in [6, 6.07) is 7.25. The molecule has 106 valence electrons. The fraction of sp³-hybridized carbons (Fsp3) is 0.600. The Kier molecular flexibility index (Phi) is 3.76. The molecule has 1 aromatic rings. The second-order valence-electron chi connectivity index (χ2n) is 6.40. The Morgan fingerprint density at radius 2 is 1.95 bits per heavy atom. The molecular weight excluding hydrogens is 258 g/mol. The van der Waals surface area contributed by atoms with E-state index in [0.29, 0.717) is 10.8 Å².